The number of carbonyl (C=O) groups is 2. The molecule has 0 fully saturated rings. The summed E-state index contributed by atoms with van der Waals surface area (Å²) in [6.07, 6.45) is 0. The second kappa shape index (κ2) is 8.65. The highest BCUT2D eigenvalue weighted by atomic mass is 32.2. The van der Waals surface area contributed by atoms with E-state index >= 15 is 0 Å². The van der Waals surface area contributed by atoms with Crippen LogP contribution in [-0.2, 0) is 19.6 Å². The number of rotatable bonds is 7. The maximum Gasteiger partial charge on any atom is 0.338 e. The zero-order valence-corrected chi connectivity index (χ0v) is 15.7. The minimum Gasteiger partial charge on any atom is -0.484 e. The first-order chi connectivity index (χ1) is 12.7. The number of nitrogens with one attached hydrogen (secondary N) is 1. The number of nitrogens with two attached hydrogens (primary N) is 1. The molecule has 0 atom stereocenters. The zero-order valence-electron chi connectivity index (χ0n) is 14.9. The van der Waals surface area contributed by atoms with E-state index in [0.29, 0.717) is 16.9 Å². The number of hydrogen-bond acceptors (Lipinski definition) is 6. The molecule has 27 heavy (non-hydrogen) atoms. The molecule has 9 heteroatoms. The van der Waals surface area contributed by atoms with Crippen LogP contribution >= 0.6 is 0 Å². The summed E-state index contributed by atoms with van der Waals surface area (Å²) in [6, 6.07) is 10.6. The van der Waals surface area contributed by atoms with Crippen molar-refractivity contribution in [2.24, 2.45) is 5.14 Å². The number of sulfonamides is 1. The van der Waals surface area contributed by atoms with Crippen molar-refractivity contribution in [2.45, 2.75) is 18.7 Å². The van der Waals surface area contributed by atoms with Crippen LogP contribution in [0.25, 0.3) is 0 Å². The molecule has 0 saturated heterocycles. The molecule has 1 amide bonds. The summed E-state index contributed by atoms with van der Waals surface area (Å²) < 4.78 is 33.3. The fraction of sp³-hybridized carbons (Fsp3) is 0.222. The molecule has 3 N–H and O–H groups in total. The van der Waals surface area contributed by atoms with Gasteiger partial charge in [0.15, 0.2) is 6.61 Å². The van der Waals surface area contributed by atoms with Gasteiger partial charge in [0.1, 0.15) is 5.75 Å². The Morgan fingerprint density at radius 2 is 1.78 bits per heavy atom. The Hall–Kier alpha value is -2.91. The number of anilines is 1. The van der Waals surface area contributed by atoms with E-state index in [9.17, 15) is 18.0 Å². The summed E-state index contributed by atoms with van der Waals surface area (Å²) in [4.78, 5) is 23.5. The molecule has 2 aromatic carbocycles. The summed E-state index contributed by atoms with van der Waals surface area (Å²) in [6.45, 7) is 3.31. The van der Waals surface area contributed by atoms with E-state index in [1.807, 2.05) is 0 Å². The van der Waals surface area contributed by atoms with Gasteiger partial charge < -0.3 is 14.8 Å². The van der Waals surface area contributed by atoms with Crippen LogP contribution in [0, 0.1) is 6.92 Å². The van der Waals surface area contributed by atoms with E-state index in [-0.39, 0.29) is 23.8 Å². The van der Waals surface area contributed by atoms with Gasteiger partial charge in [0.2, 0.25) is 10.0 Å². The third-order valence-electron chi connectivity index (χ3n) is 3.51. The molecule has 0 aliphatic heterocycles. The molecule has 0 aliphatic rings. The predicted octanol–water partition coefficient (Wildman–Crippen LogP) is 1.84. The standard InChI is InChI=1S/C18H20N2O6S/c1-3-25-18(22)13-5-8-15(9-6-13)26-11-17(21)20-14-7-4-12(2)16(10-14)27(19,23)24/h4-10H,3,11H2,1-2H3,(H,20,21)(H2,19,23,24). The van der Waals surface area contributed by atoms with Crippen molar-refractivity contribution in [3.8, 4) is 5.75 Å². The van der Waals surface area contributed by atoms with Crippen molar-refractivity contribution in [1.29, 1.82) is 0 Å². The van der Waals surface area contributed by atoms with E-state index in [2.05, 4.69) is 5.32 Å². The minimum atomic E-state index is -3.88. The highest BCUT2D eigenvalue weighted by Crippen LogP contribution is 2.19. The van der Waals surface area contributed by atoms with Gasteiger partial charge in [-0.25, -0.2) is 18.4 Å². The van der Waals surface area contributed by atoms with Crippen LogP contribution in [-0.4, -0.2) is 33.5 Å². The molecule has 0 spiro atoms. The van der Waals surface area contributed by atoms with Crippen molar-refractivity contribution in [3.05, 3.63) is 53.6 Å². The van der Waals surface area contributed by atoms with Gasteiger partial charge in [-0.05, 0) is 55.8 Å². The Morgan fingerprint density at radius 3 is 2.37 bits per heavy atom. The lowest BCUT2D eigenvalue weighted by atomic mass is 10.2. The number of esters is 1. The normalized spacial score (nSPS) is 10.9. The number of benzene rings is 2. The number of hydrogen-bond donors (Lipinski definition) is 2. The van der Waals surface area contributed by atoms with Gasteiger partial charge in [-0.2, -0.15) is 0 Å². The molecule has 144 valence electrons. The van der Waals surface area contributed by atoms with Gasteiger partial charge in [-0.3, -0.25) is 4.79 Å². The summed E-state index contributed by atoms with van der Waals surface area (Å²) in [5, 5.41) is 7.69. The summed E-state index contributed by atoms with van der Waals surface area (Å²) in [5.41, 5.74) is 1.15. The largest absolute Gasteiger partial charge is 0.484 e. The smallest absolute Gasteiger partial charge is 0.338 e. The predicted molar refractivity (Wildman–Crippen MR) is 99.1 cm³/mol. The van der Waals surface area contributed by atoms with E-state index in [4.69, 9.17) is 14.6 Å². The lowest BCUT2D eigenvalue weighted by molar-refractivity contribution is -0.118. The van der Waals surface area contributed by atoms with Gasteiger partial charge in [-0.1, -0.05) is 6.07 Å². The average Bonchev–Trinajstić information content (AvgIpc) is 2.61. The lowest BCUT2D eigenvalue weighted by Gasteiger charge is -2.10. The van der Waals surface area contributed by atoms with Crippen LogP contribution in [0.15, 0.2) is 47.4 Å². The van der Waals surface area contributed by atoms with Gasteiger partial charge in [0, 0.05) is 5.69 Å². The first-order valence-corrected chi connectivity index (χ1v) is 9.58. The Balaban J connectivity index is 1.96. The van der Waals surface area contributed by atoms with Gasteiger partial charge in [-0.15, -0.1) is 0 Å². The molecule has 8 nitrogen and oxygen atoms in total. The SMILES string of the molecule is CCOC(=O)c1ccc(OCC(=O)Nc2ccc(C)c(S(N)(=O)=O)c2)cc1. The number of primary sulfonamides is 1. The van der Waals surface area contributed by atoms with E-state index < -0.39 is 21.9 Å². The quantitative estimate of drug-likeness (QED) is 0.693. The summed E-state index contributed by atoms with van der Waals surface area (Å²) in [5.74, 6) is -0.521. The first-order valence-electron chi connectivity index (χ1n) is 8.04. The van der Waals surface area contributed by atoms with Gasteiger partial charge >= 0.3 is 5.97 Å². The fourth-order valence-corrected chi connectivity index (χ4v) is 3.04. The van der Waals surface area contributed by atoms with E-state index in [0.717, 1.165) is 0 Å². The highest BCUT2D eigenvalue weighted by molar-refractivity contribution is 7.89. The number of ether oxygens (including phenoxy) is 2. The molecular weight excluding hydrogens is 372 g/mol. The third-order valence-corrected chi connectivity index (χ3v) is 4.57. The molecule has 0 saturated carbocycles. The molecule has 2 aromatic rings. The van der Waals surface area contributed by atoms with Crippen molar-refractivity contribution >= 4 is 27.6 Å². The van der Waals surface area contributed by atoms with E-state index in [1.54, 1.807) is 38.1 Å². The third kappa shape index (κ3) is 5.80. The molecule has 0 radical (unpaired) electrons. The Labute approximate surface area is 157 Å². The first kappa shape index (κ1) is 20.4. The zero-order chi connectivity index (χ0) is 20.0. The van der Waals surface area contributed by atoms with Gasteiger partial charge in [0.05, 0.1) is 17.1 Å². The second-order valence-corrected chi connectivity index (χ2v) is 7.14. The van der Waals surface area contributed by atoms with Crippen LogP contribution < -0.4 is 15.2 Å². The topological polar surface area (TPSA) is 125 Å². The van der Waals surface area contributed by atoms with Crippen molar-refractivity contribution in [3.63, 3.8) is 0 Å². The lowest BCUT2D eigenvalue weighted by Crippen LogP contribution is -2.21. The van der Waals surface area contributed by atoms with Crippen LogP contribution in [0.1, 0.15) is 22.8 Å². The molecule has 0 aromatic heterocycles. The Bertz CT molecular complexity index is 939. The molecule has 0 heterocycles. The molecule has 0 unspecified atom stereocenters. The van der Waals surface area contributed by atoms with Crippen LogP contribution in [0.3, 0.4) is 0 Å². The monoisotopic (exact) mass is 392 g/mol. The Kier molecular flexibility index (Phi) is 6.54. The van der Waals surface area contributed by atoms with Crippen molar-refractivity contribution in [1.82, 2.24) is 0 Å². The second-order valence-electron chi connectivity index (χ2n) is 5.61. The molecule has 0 aliphatic carbocycles. The summed E-state index contributed by atoms with van der Waals surface area (Å²) >= 11 is 0. The minimum absolute atomic E-state index is 0.0595. The average molecular weight is 392 g/mol. The fourth-order valence-electron chi connectivity index (χ4n) is 2.23. The maximum atomic E-state index is 12.0. The highest BCUT2D eigenvalue weighted by Gasteiger charge is 2.13. The Morgan fingerprint density at radius 1 is 1.11 bits per heavy atom. The maximum absolute atomic E-state index is 12.0. The summed E-state index contributed by atoms with van der Waals surface area (Å²) in [7, 11) is -3.88. The van der Waals surface area contributed by atoms with Crippen LogP contribution in [0.2, 0.25) is 0 Å². The van der Waals surface area contributed by atoms with Crippen molar-refractivity contribution in [2.75, 3.05) is 18.5 Å². The number of aryl methyl sites for hydroxylation is 1. The van der Waals surface area contributed by atoms with Crippen molar-refractivity contribution < 1.29 is 27.5 Å². The van der Waals surface area contributed by atoms with Crippen LogP contribution in [0.4, 0.5) is 5.69 Å². The molecule has 0 bridgehead atoms. The van der Waals surface area contributed by atoms with E-state index in [1.165, 1.54) is 18.2 Å². The molecular formula is C18H20N2O6S. The number of amides is 1. The number of carbonyl (C=O) groups excluding carboxylic acids is 2. The van der Waals surface area contributed by atoms with Crippen LogP contribution in [0.5, 0.6) is 5.75 Å². The van der Waals surface area contributed by atoms with Gasteiger partial charge in [0.25, 0.3) is 5.91 Å². The molecule has 2 rings (SSSR count).